The zero-order valence-corrected chi connectivity index (χ0v) is 19.3. The van der Waals surface area contributed by atoms with Gasteiger partial charge < -0.3 is 20.4 Å². The number of hydrogen-bond acceptors (Lipinski definition) is 6. The van der Waals surface area contributed by atoms with Gasteiger partial charge in [-0.05, 0) is 12.1 Å². The van der Waals surface area contributed by atoms with Crippen molar-refractivity contribution in [2.24, 2.45) is 4.99 Å². The lowest BCUT2D eigenvalue weighted by molar-refractivity contribution is 0.371. The van der Waals surface area contributed by atoms with E-state index in [2.05, 4.69) is 40.4 Å². The first-order chi connectivity index (χ1) is 13.2. The summed E-state index contributed by atoms with van der Waals surface area (Å²) in [5, 5.41) is 7.57. The minimum absolute atomic E-state index is 0. The first kappa shape index (κ1) is 22.7. The highest BCUT2D eigenvalue weighted by Crippen LogP contribution is 2.22. The van der Waals surface area contributed by atoms with E-state index in [1.54, 1.807) is 31.7 Å². The summed E-state index contributed by atoms with van der Waals surface area (Å²) in [7, 11) is 1.79. The summed E-state index contributed by atoms with van der Waals surface area (Å²) in [6.45, 7) is 4.77. The largest absolute Gasteiger partial charge is 0.367 e. The predicted molar refractivity (Wildman–Crippen MR) is 125 cm³/mol. The summed E-state index contributed by atoms with van der Waals surface area (Å²) < 4.78 is 0. The molecule has 3 rings (SSSR count). The van der Waals surface area contributed by atoms with Crippen LogP contribution in [0.4, 0.5) is 11.8 Å². The van der Waals surface area contributed by atoms with E-state index in [4.69, 9.17) is 23.2 Å². The maximum atomic E-state index is 6.11. The monoisotopic (exact) mass is 536 g/mol. The highest BCUT2D eigenvalue weighted by atomic mass is 127. The Bertz CT molecular complexity index is 769. The van der Waals surface area contributed by atoms with Gasteiger partial charge in [0.15, 0.2) is 5.96 Å². The highest BCUT2D eigenvalue weighted by Gasteiger charge is 2.20. The van der Waals surface area contributed by atoms with E-state index >= 15 is 0 Å². The van der Waals surface area contributed by atoms with Gasteiger partial charge in [-0.2, -0.15) is 0 Å². The molecule has 2 aromatic heterocycles. The van der Waals surface area contributed by atoms with Gasteiger partial charge in [-0.15, -0.1) is 24.0 Å². The van der Waals surface area contributed by atoms with Crippen LogP contribution in [0.3, 0.4) is 0 Å². The van der Waals surface area contributed by atoms with Crippen LogP contribution in [0.5, 0.6) is 0 Å². The van der Waals surface area contributed by atoms with E-state index < -0.39 is 0 Å². The average molecular weight is 537 g/mol. The number of aliphatic imine (C=N–C) groups is 1. The van der Waals surface area contributed by atoms with E-state index in [9.17, 15) is 0 Å². The van der Waals surface area contributed by atoms with E-state index in [1.807, 2.05) is 6.07 Å². The van der Waals surface area contributed by atoms with Gasteiger partial charge in [-0.3, -0.25) is 4.99 Å². The smallest absolute Gasteiger partial charge is 0.225 e. The Kier molecular flexibility index (Phi) is 9.26. The molecule has 0 bridgehead atoms. The van der Waals surface area contributed by atoms with Crippen molar-refractivity contribution in [3.8, 4) is 0 Å². The normalized spacial score (nSPS) is 14.5. The van der Waals surface area contributed by atoms with Gasteiger partial charge in [-0.25, -0.2) is 15.0 Å². The summed E-state index contributed by atoms with van der Waals surface area (Å²) in [4.78, 5) is 21.6. The second kappa shape index (κ2) is 11.4. The van der Waals surface area contributed by atoms with E-state index in [0.717, 1.165) is 38.1 Å². The van der Waals surface area contributed by atoms with Crippen LogP contribution in [-0.2, 0) is 0 Å². The number of nitrogens with one attached hydrogen (secondary N) is 2. The third kappa shape index (κ3) is 6.21. The number of pyridine rings is 1. The van der Waals surface area contributed by atoms with Crippen LogP contribution in [0.2, 0.25) is 10.0 Å². The number of nitrogens with zero attached hydrogens (tertiary/aromatic N) is 6. The fourth-order valence-corrected chi connectivity index (χ4v) is 3.25. The van der Waals surface area contributed by atoms with Gasteiger partial charge in [0.1, 0.15) is 5.82 Å². The van der Waals surface area contributed by atoms with Crippen molar-refractivity contribution in [2.45, 2.75) is 0 Å². The molecule has 0 aliphatic carbocycles. The zero-order valence-electron chi connectivity index (χ0n) is 15.5. The highest BCUT2D eigenvalue weighted by molar-refractivity contribution is 14.0. The molecule has 3 heterocycles. The third-order valence-corrected chi connectivity index (χ3v) is 4.63. The van der Waals surface area contributed by atoms with Crippen molar-refractivity contribution >= 4 is 64.9 Å². The topological polar surface area (TPSA) is 81.6 Å². The van der Waals surface area contributed by atoms with E-state index in [0.29, 0.717) is 29.0 Å². The molecule has 28 heavy (non-hydrogen) atoms. The molecular formula is C17H23Cl2IN8. The molecular weight excluding hydrogens is 514 g/mol. The Morgan fingerprint density at radius 1 is 1.11 bits per heavy atom. The van der Waals surface area contributed by atoms with Crippen molar-refractivity contribution in [3.63, 3.8) is 0 Å². The molecule has 0 unspecified atom stereocenters. The van der Waals surface area contributed by atoms with Crippen LogP contribution in [0, 0.1) is 0 Å². The first-order valence-electron chi connectivity index (χ1n) is 8.70. The van der Waals surface area contributed by atoms with Crippen molar-refractivity contribution in [1.82, 2.24) is 25.2 Å². The van der Waals surface area contributed by atoms with Gasteiger partial charge in [0, 0.05) is 64.9 Å². The second-order valence-corrected chi connectivity index (χ2v) is 6.75. The molecule has 8 nitrogen and oxygen atoms in total. The fourth-order valence-electron chi connectivity index (χ4n) is 2.80. The van der Waals surface area contributed by atoms with Crippen LogP contribution in [0.25, 0.3) is 0 Å². The standard InChI is InChI=1S/C17H22Cl2N8.HI/c1-20-16(24-6-5-21-15-14(19)11-13(18)12-25-15)26-7-9-27(10-8-26)17-22-3-2-4-23-17;/h2-4,11-12H,5-10H2,1H3,(H,20,24)(H,21,25);1H. The quantitative estimate of drug-likeness (QED) is 0.263. The van der Waals surface area contributed by atoms with E-state index in [-0.39, 0.29) is 24.0 Å². The number of halogens is 3. The van der Waals surface area contributed by atoms with Crippen molar-refractivity contribution < 1.29 is 0 Å². The minimum atomic E-state index is 0. The summed E-state index contributed by atoms with van der Waals surface area (Å²) in [6, 6.07) is 3.49. The van der Waals surface area contributed by atoms with Gasteiger partial charge in [0.25, 0.3) is 0 Å². The maximum absolute atomic E-state index is 6.11. The summed E-state index contributed by atoms with van der Waals surface area (Å²) >= 11 is 12.0. The van der Waals surface area contributed by atoms with Gasteiger partial charge in [-0.1, -0.05) is 23.2 Å². The summed E-state index contributed by atoms with van der Waals surface area (Å²) in [5.74, 6) is 2.27. The molecule has 1 aliphatic rings. The molecule has 0 aromatic carbocycles. The third-order valence-electron chi connectivity index (χ3n) is 4.13. The van der Waals surface area contributed by atoms with Crippen LogP contribution < -0.4 is 15.5 Å². The average Bonchev–Trinajstić information content (AvgIpc) is 2.70. The Hall–Kier alpha value is -1.59. The Morgan fingerprint density at radius 2 is 1.82 bits per heavy atom. The molecule has 0 saturated carbocycles. The van der Waals surface area contributed by atoms with Crippen LogP contribution in [0.15, 0.2) is 35.7 Å². The lowest BCUT2D eigenvalue weighted by Gasteiger charge is -2.36. The number of piperazine rings is 1. The Labute approximate surface area is 191 Å². The maximum Gasteiger partial charge on any atom is 0.225 e. The van der Waals surface area contributed by atoms with Crippen LogP contribution in [0.1, 0.15) is 0 Å². The molecule has 0 atom stereocenters. The number of hydrogen-bond donors (Lipinski definition) is 2. The minimum Gasteiger partial charge on any atom is -0.367 e. The SMILES string of the molecule is CN=C(NCCNc1ncc(Cl)cc1Cl)N1CCN(c2ncccn2)CC1.I. The van der Waals surface area contributed by atoms with E-state index in [1.165, 1.54) is 0 Å². The molecule has 0 amide bonds. The zero-order chi connectivity index (χ0) is 19.1. The van der Waals surface area contributed by atoms with Crippen molar-refractivity contribution in [1.29, 1.82) is 0 Å². The molecule has 11 heteroatoms. The molecule has 0 radical (unpaired) electrons. The van der Waals surface area contributed by atoms with Crippen molar-refractivity contribution in [3.05, 3.63) is 40.8 Å². The molecule has 1 aliphatic heterocycles. The van der Waals surface area contributed by atoms with Gasteiger partial charge >= 0.3 is 0 Å². The predicted octanol–water partition coefficient (Wildman–Crippen LogP) is 2.61. The molecule has 1 saturated heterocycles. The lowest BCUT2D eigenvalue weighted by Crippen LogP contribution is -2.53. The number of anilines is 2. The lowest BCUT2D eigenvalue weighted by atomic mass is 10.3. The number of aromatic nitrogens is 3. The van der Waals surface area contributed by atoms with Crippen LogP contribution >= 0.6 is 47.2 Å². The number of guanidine groups is 1. The van der Waals surface area contributed by atoms with Gasteiger partial charge in [0.05, 0.1) is 10.0 Å². The molecule has 0 spiro atoms. The molecule has 1 fully saturated rings. The van der Waals surface area contributed by atoms with Gasteiger partial charge in [0.2, 0.25) is 5.95 Å². The Balaban J connectivity index is 0.00000280. The fraction of sp³-hybridized carbons (Fsp3) is 0.412. The summed E-state index contributed by atoms with van der Waals surface area (Å²) in [6.07, 6.45) is 5.10. The molecule has 152 valence electrons. The second-order valence-electron chi connectivity index (χ2n) is 5.91. The molecule has 2 N–H and O–H groups in total. The van der Waals surface area contributed by atoms with Crippen molar-refractivity contribution in [2.75, 3.05) is 56.5 Å². The Morgan fingerprint density at radius 3 is 2.46 bits per heavy atom. The first-order valence-corrected chi connectivity index (χ1v) is 9.45. The number of rotatable bonds is 5. The molecule has 2 aromatic rings. The summed E-state index contributed by atoms with van der Waals surface area (Å²) in [5.41, 5.74) is 0. The van der Waals surface area contributed by atoms with Crippen LogP contribution in [-0.4, -0.2) is 72.1 Å².